The normalized spacial score (nSPS) is 23.0. The minimum absolute atomic E-state index is 0.225. The summed E-state index contributed by atoms with van der Waals surface area (Å²) in [4.78, 5) is 5.60. The van der Waals surface area contributed by atoms with Crippen LogP contribution in [-0.4, -0.2) is 37.2 Å². The van der Waals surface area contributed by atoms with Gasteiger partial charge >= 0.3 is 0 Å². The smallest absolute Gasteiger partial charge is 0.267 e. The van der Waals surface area contributed by atoms with Gasteiger partial charge in [-0.05, 0) is 12.1 Å². The third-order valence-corrected chi connectivity index (χ3v) is 2.82. The van der Waals surface area contributed by atoms with E-state index >= 15 is 0 Å². The van der Waals surface area contributed by atoms with E-state index in [1.54, 1.807) is 18.3 Å². The second-order valence-corrected chi connectivity index (χ2v) is 4.21. The molecule has 2 N–H and O–H groups in total. The molecule has 1 aliphatic heterocycles. The van der Waals surface area contributed by atoms with Crippen molar-refractivity contribution in [3.8, 4) is 0 Å². The molecular weight excluding hydrogens is 228 g/mol. The number of alkyl halides is 2. The number of hydrogen-bond acceptors (Lipinski definition) is 4. The maximum Gasteiger partial charge on any atom is 0.267 e. The van der Waals surface area contributed by atoms with Crippen molar-refractivity contribution >= 4 is 11.5 Å². The number of anilines is 2. The van der Waals surface area contributed by atoms with Crippen molar-refractivity contribution in [1.29, 1.82) is 0 Å². The molecule has 94 valence electrons. The van der Waals surface area contributed by atoms with Crippen LogP contribution in [0.1, 0.15) is 6.42 Å². The number of halogens is 2. The van der Waals surface area contributed by atoms with Crippen LogP contribution in [0.4, 0.5) is 20.3 Å². The van der Waals surface area contributed by atoms with Crippen molar-refractivity contribution < 1.29 is 13.5 Å². The maximum atomic E-state index is 13.4. The summed E-state index contributed by atoms with van der Waals surface area (Å²) >= 11 is 0. The fourth-order valence-electron chi connectivity index (χ4n) is 2.14. The van der Waals surface area contributed by atoms with Crippen molar-refractivity contribution in [2.45, 2.75) is 18.4 Å². The molecule has 4 nitrogen and oxygen atoms in total. The lowest BCUT2D eigenvalue weighted by Crippen LogP contribution is -2.34. The molecule has 0 radical (unpaired) electrons. The van der Waals surface area contributed by atoms with Crippen molar-refractivity contribution in [2.24, 2.45) is 0 Å². The highest BCUT2D eigenvalue weighted by molar-refractivity contribution is 5.63. The average Bonchev–Trinajstić information content (AvgIpc) is 2.55. The second-order valence-electron chi connectivity index (χ2n) is 4.21. The number of aromatic nitrogens is 1. The van der Waals surface area contributed by atoms with E-state index in [1.807, 2.05) is 0 Å². The molecule has 0 saturated carbocycles. The summed E-state index contributed by atoms with van der Waals surface area (Å²) in [5.74, 6) is -2.31. The fourth-order valence-corrected chi connectivity index (χ4v) is 2.14. The highest BCUT2D eigenvalue weighted by Gasteiger charge is 2.45. The molecule has 1 aromatic rings. The molecule has 2 heterocycles. The zero-order chi connectivity index (χ0) is 12.5. The Morgan fingerprint density at radius 3 is 3.06 bits per heavy atom. The van der Waals surface area contributed by atoms with Crippen LogP contribution < -0.4 is 10.6 Å². The van der Waals surface area contributed by atoms with Crippen molar-refractivity contribution in [3.05, 3.63) is 18.3 Å². The van der Waals surface area contributed by atoms with Gasteiger partial charge in [0.2, 0.25) is 0 Å². The number of pyridine rings is 1. The predicted octanol–water partition coefficient (Wildman–Crippen LogP) is 1.52. The van der Waals surface area contributed by atoms with Crippen LogP contribution in [0.3, 0.4) is 0 Å². The van der Waals surface area contributed by atoms with E-state index in [0.29, 0.717) is 11.5 Å². The number of hydrogen-bond donors (Lipinski definition) is 1. The van der Waals surface area contributed by atoms with Gasteiger partial charge in [-0.25, -0.2) is 13.8 Å². The minimum atomic E-state index is -2.72. The van der Waals surface area contributed by atoms with E-state index in [4.69, 9.17) is 10.5 Å². The number of nitrogens with two attached hydrogens (primary N) is 1. The SMILES string of the molecule is COC[C@H]1CC(F)(F)CN1c1ncccc1N. The van der Waals surface area contributed by atoms with Gasteiger partial charge in [-0.1, -0.05) is 0 Å². The van der Waals surface area contributed by atoms with Crippen LogP contribution >= 0.6 is 0 Å². The third kappa shape index (κ3) is 2.46. The van der Waals surface area contributed by atoms with E-state index in [-0.39, 0.29) is 25.6 Å². The fraction of sp³-hybridized carbons (Fsp3) is 0.545. The molecule has 6 heteroatoms. The van der Waals surface area contributed by atoms with Crippen molar-refractivity contribution in [1.82, 2.24) is 4.98 Å². The molecule has 0 spiro atoms. The Morgan fingerprint density at radius 2 is 2.41 bits per heavy atom. The second kappa shape index (κ2) is 4.44. The van der Waals surface area contributed by atoms with Gasteiger partial charge in [-0.15, -0.1) is 0 Å². The summed E-state index contributed by atoms with van der Waals surface area (Å²) in [5, 5.41) is 0. The molecule has 0 unspecified atom stereocenters. The molecular formula is C11H15F2N3O. The number of nitrogens with zero attached hydrogens (tertiary/aromatic N) is 2. The van der Waals surface area contributed by atoms with Crippen LogP contribution in [0.2, 0.25) is 0 Å². The molecule has 0 bridgehead atoms. The van der Waals surface area contributed by atoms with Gasteiger partial charge in [0.1, 0.15) is 0 Å². The quantitative estimate of drug-likeness (QED) is 0.874. The molecule has 0 aromatic carbocycles. The van der Waals surface area contributed by atoms with Gasteiger partial charge in [0.15, 0.2) is 5.82 Å². The Hall–Kier alpha value is -1.43. The largest absolute Gasteiger partial charge is 0.396 e. The van der Waals surface area contributed by atoms with Gasteiger partial charge in [-0.2, -0.15) is 0 Å². The standard InChI is InChI=1S/C11H15F2N3O/c1-17-6-8-5-11(12,13)7-16(8)10-9(14)3-2-4-15-10/h2-4,8H,5-7,14H2,1H3/t8-/m1/s1. The van der Waals surface area contributed by atoms with Crippen LogP contribution in [0, 0.1) is 0 Å². The molecule has 1 fully saturated rings. The number of methoxy groups -OCH3 is 1. The van der Waals surface area contributed by atoms with E-state index in [1.165, 1.54) is 12.0 Å². The summed E-state index contributed by atoms with van der Waals surface area (Å²) in [6.45, 7) is -0.117. The first-order chi connectivity index (χ1) is 8.03. The lowest BCUT2D eigenvalue weighted by molar-refractivity contribution is 0.0189. The van der Waals surface area contributed by atoms with E-state index in [2.05, 4.69) is 4.98 Å². The first-order valence-corrected chi connectivity index (χ1v) is 5.37. The first-order valence-electron chi connectivity index (χ1n) is 5.37. The number of nitrogen functional groups attached to an aromatic ring is 1. The summed E-state index contributed by atoms with van der Waals surface area (Å²) in [6.07, 6.45) is 1.32. The average molecular weight is 243 g/mol. The van der Waals surface area contributed by atoms with Gasteiger partial charge < -0.3 is 15.4 Å². The van der Waals surface area contributed by atoms with E-state index in [9.17, 15) is 8.78 Å². The van der Waals surface area contributed by atoms with Gasteiger partial charge in [0.25, 0.3) is 5.92 Å². The van der Waals surface area contributed by atoms with E-state index in [0.717, 1.165) is 0 Å². The molecule has 2 rings (SSSR count). The van der Waals surface area contributed by atoms with Crippen LogP contribution in [-0.2, 0) is 4.74 Å². The number of ether oxygens (including phenoxy) is 1. The number of rotatable bonds is 3. The Bertz CT molecular complexity index is 400. The maximum absolute atomic E-state index is 13.4. The Kier molecular flexibility index (Phi) is 3.15. The summed E-state index contributed by atoms with van der Waals surface area (Å²) in [5.41, 5.74) is 6.17. The molecule has 17 heavy (non-hydrogen) atoms. The molecule has 0 aliphatic carbocycles. The van der Waals surface area contributed by atoms with Crippen LogP contribution in [0.25, 0.3) is 0 Å². The first kappa shape index (κ1) is 12.0. The van der Waals surface area contributed by atoms with Gasteiger partial charge in [0, 0.05) is 19.7 Å². The third-order valence-electron chi connectivity index (χ3n) is 2.82. The van der Waals surface area contributed by atoms with Crippen molar-refractivity contribution in [3.63, 3.8) is 0 Å². The molecule has 1 atom stereocenters. The van der Waals surface area contributed by atoms with Gasteiger partial charge in [-0.3, -0.25) is 0 Å². The Balaban J connectivity index is 2.27. The summed E-state index contributed by atoms with van der Waals surface area (Å²) in [6, 6.07) is 2.95. The summed E-state index contributed by atoms with van der Waals surface area (Å²) < 4.78 is 31.8. The molecule has 1 saturated heterocycles. The highest BCUT2D eigenvalue weighted by atomic mass is 19.3. The zero-order valence-corrected chi connectivity index (χ0v) is 9.57. The zero-order valence-electron chi connectivity index (χ0n) is 9.57. The molecule has 1 aromatic heterocycles. The van der Waals surface area contributed by atoms with Crippen LogP contribution in [0.5, 0.6) is 0 Å². The van der Waals surface area contributed by atoms with Gasteiger partial charge in [0.05, 0.1) is 24.9 Å². The minimum Gasteiger partial charge on any atom is -0.396 e. The lowest BCUT2D eigenvalue weighted by atomic mass is 10.2. The lowest BCUT2D eigenvalue weighted by Gasteiger charge is -2.25. The molecule has 1 aliphatic rings. The Labute approximate surface area is 98.4 Å². The monoisotopic (exact) mass is 243 g/mol. The topological polar surface area (TPSA) is 51.4 Å². The van der Waals surface area contributed by atoms with Crippen LogP contribution in [0.15, 0.2) is 18.3 Å². The highest BCUT2D eigenvalue weighted by Crippen LogP contribution is 2.36. The van der Waals surface area contributed by atoms with Crippen molar-refractivity contribution in [2.75, 3.05) is 30.9 Å². The predicted molar refractivity (Wildman–Crippen MR) is 61.2 cm³/mol. The Morgan fingerprint density at radius 1 is 1.65 bits per heavy atom. The molecule has 0 amide bonds. The summed E-state index contributed by atoms with van der Waals surface area (Å²) in [7, 11) is 1.50. The van der Waals surface area contributed by atoms with E-state index < -0.39 is 5.92 Å².